The minimum Gasteiger partial charge on any atom is -0.462 e. The molecule has 0 fully saturated rings. The second-order valence-corrected chi connectivity index (χ2v) is 27.5. The van der Waals surface area contributed by atoms with Gasteiger partial charge in [0.2, 0.25) is 0 Å². The van der Waals surface area contributed by atoms with Crippen molar-refractivity contribution in [3.05, 3.63) is 0 Å². The molecule has 3 N–H and O–H groups in total. The minimum atomic E-state index is -4.95. The lowest BCUT2D eigenvalue weighted by Gasteiger charge is -2.21. The average Bonchev–Trinajstić information content (AvgIpc) is 3.60. The number of carbonyl (C=O) groups is 4. The lowest BCUT2D eigenvalue weighted by molar-refractivity contribution is -0.161. The van der Waals surface area contributed by atoms with Gasteiger partial charge in [-0.15, -0.1) is 0 Å². The highest BCUT2D eigenvalue weighted by atomic mass is 31.2. The molecule has 0 aromatic carbocycles. The third-order valence-corrected chi connectivity index (χ3v) is 17.8. The van der Waals surface area contributed by atoms with Crippen LogP contribution >= 0.6 is 15.6 Å². The number of aliphatic hydroxyl groups excluding tert-OH is 1. The molecule has 0 heterocycles. The molecule has 0 amide bonds. The van der Waals surface area contributed by atoms with Gasteiger partial charge in [-0.2, -0.15) is 0 Å². The van der Waals surface area contributed by atoms with Crippen LogP contribution in [-0.4, -0.2) is 96.7 Å². The molecule has 0 rings (SSSR count). The van der Waals surface area contributed by atoms with Crippen LogP contribution in [-0.2, 0) is 65.4 Å². The number of rotatable bonds is 69. The molecule has 0 aliphatic carbocycles. The zero-order chi connectivity index (χ0) is 64.0. The van der Waals surface area contributed by atoms with E-state index < -0.39 is 97.5 Å². The van der Waals surface area contributed by atoms with Crippen LogP contribution in [0.4, 0.5) is 0 Å². The van der Waals surface area contributed by atoms with Gasteiger partial charge in [0.05, 0.1) is 26.4 Å². The maximum absolute atomic E-state index is 13.0. The van der Waals surface area contributed by atoms with Crippen molar-refractivity contribution in [3.63, 3.8) is 0 Å². The molecule has 5 atom stereocenters. The molecule has 2 unspecified atom stereocenters. The number of esters is 4. The largest absolute Gasteiger partial charge is 0.472 e. The van der Waals surface area contributed by atoms with E-state index in [1.54, 1.807) is 0 Å². The zero-order valence-corrected chi connectivity index (χ0v) is 57.8. The molecule has 0 saturated carbocycles. The van der Waals surface area contributed by atoms with Crippen molar-refractivity contribution in [1.29, 1.82) is 0 Å². The number of phosphoric ester groups is 2. The monoisotopic (exact) mass is 1280 g/mol. The third kappa shape index (κ3) is 62.6. The number of ether oxygens (including phenoxy) is 4. The van der Waals surface area contributed by atoms with Crippen LogP contribution < -0.4 is 0 Å². The number of hydrogen-bond acceptors (Lipinski definition) is 15. The Kier molecular flexibility index (Phi) is 61.4. The second kappa shape index (κ2) is 62.8. The van der Waals surface area contributed by atoms with Gasteiger partial charge in [-0.1, -0.05) is 304 Å². The molecule has 19 heteroatoms. The SMILES string of the molecule is CCCCCCCCCCCCCCCCC(=O)OC[C@H](COP(=O)(O)OC[C@@H](O)COP(=O)(O)OC[C@@H](COC(=O)CCCCCCCCCC)OC(=O)CCCCCCCCCCCCC)OC(=O)CCCCCCCCCCCCCCCC. The number of carbonyl (C=O) groups excluding carboxylic acids is 4. The van der Waals surface area contributed by atoms with Crippen LogP contribution in [0, 0.1) is 0 Å². The van der Waals surface area contributed by atoms with Crippen molar-refractivity contribution in [2.45, 2.75) is 373 Å². The van der Waals surface area contributed by atoms with Gasteiger partial charge in [-0.05, 0) is 25.7 Å². The number of hydrogen-bond donors (Lipinski definition) is 3. The van der Waals surface area contributed by atoms with Crippen molar-refractivity contribution in [3.8, 4) is 0 Å². The minimum absolute atomic E-state index is 0.107. The summed E-state index contributed by atoms with van der Waals surface area (Å²) in [5.74, 6) is -2.12. The molecule has 0 aliphatic heterocycles. The normalized spacial score (nSPS) is 14.1. The smallest absolute Gasteiger partial charge is 0.462 e. The summed E-state index contributed by atoms with van der Waals surface area (Å²) in [4.78, 5) is 72.4. The summed E-state index contributed by atoms with van der Waals surface area (Å²) < 4.78 is 68.1. The Balaban J connectivity index is 5.22. The molecule has 0 radical (unpaired) electrons. The number of aliphatic hydroxyl groups is 1. The fraction of sp³-hybridized carbons (Fsp3) is 0.941. The van der Waals surface area contributed by atoms with E-state index in [0.717, 1.165) is 96.3 Å². The Morgan fingerprint density at radius 3 is 0.678 bits per heavy atom. The molecule has 0 aromatic rings. The van der Waals surface area contributed by atoms with Crippen LogP contribution in [0.2, 0.25) is 0 Å². The molecule has 87 heavy (non-hydrogen) atoms. The number of unbranched alkanes of at least 4 members (excludes halogenated alkanes) is 43. The molecular formula is C68H132O17P2. The molecule has 0 spiro atoms. The highest BCUT2D eigenvalue weighted by molar-refractivity contribution is 7.47. The van der Waals surface area contributed by atoms with Crippen LogP contribution in [0.25, 0.3) is 0 Å². The lowest BCUT2D eigenvalue weighted by atomic mass is 10.0. The third-order valence-electron chi connectivity index (χ3n) is 15.9. The van der Waals surface area contributed by atoms with Gasteiger partial charge in [0.1, 0.15) is 19.3 Å². The first-order chi connectivity index (χ1) is 42.2. The lowest BCUT2D eigenvalue weighted by Crippen LogP contribution is -2.30. The molecule has 0 bridgehead atoms. The van der Waals surface area contributed by atoms with E-state index in [-0.39, 0.29) is 25.7 Å². The van der Waals surface area contributed by atoms with E-state index in [9.17, 15) is 43.2 Å². The summed E-state index contributed by atoms with van der Waals surface area (Å²) in [6, 6.07) is 0. The first-order valence-corrected chi connectivity index (χ1v) is 38.8. The van der Waals surface area contributed by atoms with E-state index in [4.69, 9.17) is 37.0 Å². The zero-order valence-electron chi connectivity index (χ0n) is 56.0. The maximum atomic E-state index is 13.0. The van der Waals surface area contributed by atoms with Gasteiger partial charge in [-0.3, -0.25) is 37.3 Å². The molecular weight excluding hydrogens is 1150 g/mol. The Hall–Kier alpha value is -1.94. The highest BCUT2D eigenvalue weighted by Gasteiger charge is 2.30. The fourth-order valence-electron chi connectivity index (χ4n) is 10.3. The van der Waals surface area contributed by atoms with Gasteiger partial charge in [0.25, 0.3) is 0 Å². The summed E-state index contributed by atoms with van der Waals surface area (Å²) in [6.45, 7) is 4.91. The molecule has 0 aromatic heterocycles. The van der Waals surface area contributed by atoms with Crippen molar-refractivity contribution in [1.82, 2.24) is 0 Å². The first-order valence-electron chi connectivity index (χ1n) is 35.8. The van der Waals surface area contributed by atoms with Crippen molar-refractivity contribution >= 4 is 39.5 Å². The van der Waals surface area contributed by atoms with E-state index >= 15 is 0 Å². The average molecular weight is 1280 g/mol. The van der Waals surface area contributed by atoms with Crippen molar-refractivity contribution in [2.24, 2.45) is 0 Å². The quantitative estimate of drug-likeness (QED) is 0.0222. The van der Waals surface area contributed by atoms with Crippen LogP contribution in [0.1, 0.15) is 355 Å². The van der Waals surface area contributed by atoms with Crippen LogP contribution in [0.3, 0.4) is 0 Å². The van der Waals surface area contributed by atoms with Crippen molar-refractivity contribution < 1.29 is 80.2 Å². The van der Waals surface area contributed by atoms with Gasteiger partial charge in [0.15, 0.2) is 12.2 Å². The van der Waals surface area contributed by atoms with E-state index in [1.807, 2.05) is 0 Å². The predicted octanol–water partition coefficient (Wildman–Crippen LogP) is 19.5. The van der Waals surface area contributed by atoms with Crippen molar-refractivity contribution in [2.75, 3.05) is 39.6 Å². The molecule has 516 valence electrons. The van der Waals surface area contributed by atoms with E-state index in [1.165, 1.54) is 180 Å². The van der Waals surface area contributed by atoms with Gasteiger partial charge in [-0.25, -0.2) is 9.13 Å². The summed E-state index contributed by atoms with van der Waals surface area (Å²) in [7, 11) is -9.89. The Morgan fingerprint density at radius 1 is 0.276 bits per heavy atom. The number of phosphoric acid groups is 2. The molecule has 0 aliphatic rings. The predicted molar refractivity (Wildman–Crippen MR) is 349 cm³/mol. The van der Waals surface area contributed by atoms with Gasteiger partial charge in [0, 0.05) is 25.7 Å². The Bertz CT molecular complexity index is 1670. The summed E-state index contributed by atoms with van der Waals surface area (Å²) >= 11 is 0. The standard InChI is InChI=1S/C68H132O17P2/c1-5-9-13-17-21-25-28-30-32-35-37-41-45-49-53-66(71)79-59-64(85-68(73)55-51-47-43-39-36-33-31-29-26-22-18-14-10-6-2)61-83-87(76,77)81-57-62(69)56-80-86(74,75)82-60-63(58-78-65(70)52-48-44-40-24-20-16-12-8-4)84-67(72)54-50-46-42-38-34-27-23-19-15-11-7-3/h62-64,69H,5-61H2,1-4H3,(H,74,75)(H,76,77)/t62-,63+,64+/m0/s1. The topological polar surface area (TPSA) is 237 Å². The molecule has 17 nitrogen and oxygen atoms in total. The Morgan fingerprint density at radius 2 is 0.460 bits per heavy atom. The van der Waals surface area contributed by atoms with Gasteiger partial charge >= 0.3 is 39.5 Å². The van der Waals surface area contributed by atoms with E-state index in [2.05, 4.69) is 27.7 Å². The highest BCUT2D eigenvalue weighted by Crippen LogP contribution is 2.45. The summed E-state index contributed by atoms with van der Waals surface area (Å²) in [5, 5.41) is 10.6. The first kappa shape index (κ1) is 85.1. The summed E-state index contributed by atoms with van der Waals surface area (Å²) in [5.41, 5.74) is 0. The second-order valence-electron chi connectivity index (χ2n) is 24.6. The van der Waals surface area contributed by atoms with Crippen LogP contribution in [0.15, 0.2) is 0 Å². The maximum Gasteiger partial charge on any atom is 0.472 e. The molecule has 0 saturated heterocycles. The van der Waals surface area contributed by atoms with Gasteiger partial charge < -0.3 is 33.8 Å². The summed E-state index contributed by atoms with van der Waals surface area (Å²) in [6.07, 6.45) is 49.8. The fourth-order valence-corrected chi connectivity index (χ4v) is 11.9. The van der Waals surface area contributed by atoms with Crippen LogP contribution in [0.5, 0.6) is 0 Å². The van der Waals surface area contributed by atoms with E-state index in [0.29, 0.717) is 25.7 Å². The Labute approximate surface area is 530 Å².